The molecule has 9 aromatic rings. The van der Waals surface area contributed by atoms with E-state index in [0.29, 0.717) is 11.3 Å². The van der Waals surface area contributed by atoms with Gasteiger partial charge in [-0.25, -0.2) is 14.8 Å². The van der Waals surface area contributed by atoms with Crippen molar-refractivity contribution in [2.75, 3.05) is 0 Å². The average Bonchev–Trinajstić information content (AvgIpc) is 3.85. The van der Waals surface area contributed by atoms with Crippen LogP contribution in [0.15, 0.2) is 127 Å². The fourth-order valence-electron chi connectivity index (χ4n) is 6.27. The van der Waals surface area contributed by atoms with Crippen molar-refractivity contribution < 1.29 is 0 Å². The van der Waals surface area contributed by atoms with E-state index in [1.54, 1.807) is 28.7 Å². The molecule has 9 rings (SSSR count). The van der Waals surface area contributed by atoms with Crippen molar-refractivity contribution in [2.45, 2.75) is 0 Å². The van der Waals surface area contributed by atoms with Crippen LogP contribution in [0.2, 0.25) is 0 Å². The van der Waals surface area contributed by atoms with Crippen LogP contribution in [0.5, 0.6) is 0 Å². The zero-order chi connectivity index (χ0) is 31.5. The van der Waals surface area contributed by atoms with Crippen LogP contribution in [-0.2, 0) is 0 Å². The molecule has 7 heteroatoms. The van der Waals surface area contributed by atoms with Gasteiger partial charge in [-0.2, -0.15) is 5.26 Å². The van der Waals surface area contributed by atoms with Crippen LogP contribution >= 0.6 is 22.7 Å². The normalized spacial score (nSPS) is 11.4. The lowest BCUT2D eigenvalue weighted by atomic mass is 10.0. The Hall–Kier alpha value is -6.12. The van der Waals surface area contributed by atoms with Gasteiger partial charge in [-0.3, -0.25) is 0 Å². The quantitative estimate of drug-likeness (QED) is 0.181. The molecule has 0 saturated carbocycles. The molecule has 0 spiro atoms. The third kappa shape index (κ3) is 4.57. The number of thiazole rings is 2. The number of hydrogen-bond donors (Lipinski definition) is 0. The van der Waals surface area contributed by atoms with E-state index >= 15 is 0 Å². The van der Waals surface area contributed by atoms with Gasteiger partial charge in [0.15, 0.2) is 5.69 Å². The first-order valence-electron chi connectivity index (χ1n) is 15.0. The third-order valence-corrected chi connectivity index (χ3v) is 10.7. The molecule has 0 atom stereocenters. The zero-order valence-electron chi connectivity index (χ0n) is 24.7. The maximum absolute atomic E-state index is 9.49. The molecule has 0 bridgehead atoms. The van der Waals surface area contributed by atoms with E-state index in [0.717, 1.165) is 70.8 Å². The van der Waals surface area contributed by atoms with Gasteiger partial charge in [0.1, 0.15) is 10.0 Å². The van der Waals surface area contributed by atoms with E-state index < -0.39 is 0 Å². The largest absolute Gasteiger partial charge is 0.309 e. The number of rotatable bonds is 4. The van der Waals surface area contributed by atoms with Crippen molar-refractivity contribution in [1.29, 1.82) is 5.26 Å². The highest BCUT2D eigenvalue weighted by Gasteiger charge is 2.17. The van der Waals surface area contributed by atoms with E-state index in [9.17, 15) is 5.26 Å². The standard InChI is InChI=1S/C40H21N5S2/c1-42-29-19-24(23-41)18-28(20-29)25-10-14-30(15-11-25)45-35-16-12-26(39-43-33-6-2-4-8-37(33)46-39)21-31(35)32-22-27(13-17-36(32)45)40-44-34-7-3-5-9-38(34)47-40/h2-22H. The lowest BCUT2D eigenvalue weighted by Gasteiger charge is -2.10. The Kier molecular flexibility index (Phi) is 6.22. The molecule has 3 aromatic heterocycles. The first-order valence-corrected chi connectivity index (χ1v) is 16.6. The SMILES string of the molecule is [C-]#[N+]c1cc(C#N)cc(-c2ccc(-n3c4ccc(-c5nc6ccccc6s5)cc4c4cc(-c5nc6ccccc6s5)ccc43)cc2)c1. The second kappa shape index (κ2) is 10.8. The molecule has 47 heavy (non-hydrogen) atoms. The van der Waals surface area contributed by atoms with Crippen LogP contribution in [0.3, 0.4) is 0 Å². The summed E-state index contributed by atoms with van der Waals surface area (Å²) in [5, 5.41) is 13.8. The lowest BCUT2D eigenvalue weighted by Crippen LogP contribution is -1.94. The molecule has 0 aliphatic carbocycles. The predicted molar refractivity (Wildman–Crippen MR) is 194 cm³/mol. The molecule has 0 saturated heterocycles. The average molecular weight is 636 g/mol. The summed E-state index contributed by atoms with van der Waals surface area (Å²) in [5.41, 5.74) is 10.2. The van der Waals surface area contributed by atoms with Gasteiger partial charge >= 0.3 is 0 Å². The summed E-state index contributed by atoms with van der Waals surface area (Å²) in [6.45, 7) is 7.46. The lowest BCUT2D eigenvalue weighted by molar-refractivity contribution is 1.18. The molecule has 0 unspecified atom stereocenters. The zero-order valence-corrected chi connectivity index (χ0v) is 26.3. The molecule has 0 fully saturated rings. The fourth-order valence-corrected chi connectivity index (χ4v) is 8.19. The van der Waals surface area contributed by atoms with Crippen molar-refractivity contribution >= 4 is 70.6 Å². The van der Waals surface area contributed by atoms with Crippen LogP contribution in [0, 0.1) is 17.9 Å². The van der Waals surface area contributed by atoms with Crippen molar-refractivity contribution in [3.8, 4) is 44.0 Å². The summed E-state index contributed by atoms with van der Waals surface area (Å²) in [6, 6.07) is 45.6. The molecule has 0 aliphatic rings. The molecule has 3 heterocycles. The fraction of sp³-hybridized carbons (Fsp3) is 0. The Balaban J connectivity index is 1.23. The summed E-state index contributed by atoms with van der Waals surface area (Å²) in [5.74, 6) is 0. The van der Waals surface area contributed by atoms with Gasteiger partial charge in [-0.15, -0.1) is 22.7 Å². The monoisotopic (exact) mass is 635 g/mol. The molecule has 0 radical (unpaired) electrons. The van der Waals surface area contributed by atoms with Crippen LogP contribution in [0.25, 0.3) is 85.0 Å². The van der Waals surface area contributed by atoms with Crippen LogP contribution in [0.4, 0.5) is 5.69 Å². The highest BCUT2D eigenvalue weighted by Crippen LogP contribution is 2.40. The van der Waals surface area contributed by atoms with Gasteiger partial charge in [-0.05, 0) is 102 Å². The highest BCUT2D eigenvalue weighted by atomic mass is 32.1. The second-order valence-electron chi connectivity index (χ2n) is 11.3. The van der Waals surface area contributed by atoms with Crippen molar-refractivity contribution in [3.05, 3.63) is 144 Å². The Morgan fingerprint density at radius 1 is 0.596 bits per heavy atom. The summed E-state index contributed by atoms with van der Waals surface area (Å²) in [6.07, 6.45) is 0. The number of benzene rings is 6. The maximum Gasteiger partial charge on any atom is 0.189 e. The first kappa shape index (κ1) is 27.2. The molecule has 0 aliphatic heterocycles. The number of nitrogens with zero attached hydrogens (tertiary/aromatic N) is 5. The number of hydrogen-bond acceptors (Lipinski definition) is 5. The van der Waals surface area contributed by atoms with Crippen LogP contribution in [0.1, 0.15) is 5.56 Å². The van der Waals surface area contributed by atoms with Crippen molar-refractivity contribution in [2.24, 2.45) is 0 Å². The Morgan fingerprint density at radius 2 is 1.15 bits per heavy atom. The summed E-state index contributed by atoms with van der Waals surface area (Å²) in [4.78, 5) is 13.5. The van der Waals surface area contributed by atoms with E-state index in [1.807, 2.05) is 24.3 Å². The second-order valence-corrected chi connectivity index (χ2v) is 13.4. The van der Waals surface area contributed by atoms with Gasteiger partial charge in [0.05, 0.1) is 44.1 Å². The Bertz CT molecular complexity index is 2540. The molecule has 5 nitrogen and oxygen atoms in total. The number of aromatic nitrogens is 3. The summed E-state index contributed by atoms with van der Waals surface area (Å²) in [7, 11) is 0. The first-order chi connectivity index (χ1) is 23.1. The van der Waals surface area contributed by atoms with Gasteiger partial charge in [-0.1, -0.05) is 36.4 Å². The molecular formula is C40H21N5S2. The van der Waals surface area contributed by atoms with Crippen LogP contribution < -0.4 is 0 Å². The van der Waals surface area contributed by atoms with Crippen LogP contribution in [-0.4, -0.2) is 14.5 Å². The third-order valence-electron chi connectivity index (χ3n) is 8.48. The predicted octanol–water partition coefficient (Wildman–Crippen LogP) is 11.4. The van der Waals surface area contributed by atoms with Gasteiger partial charge in [0, 0.05) is 33.2 Å². The van der Waals surface area contributed by atoms with Gasteiger partial charge < -0.3 is 4.57 Å². The molecule has 0 amide bonds. The minimum absolute atomic E-state index is 0.457. The minimum atomic E-state index is 0.457. The van der Waals surface area contributed by atoms with Crippen molar-refractivity contribution in [3.63, 3.8) is 0 Å². The number of nitriles is 1. The summed E-state index contributed by atoms with van der Waals surface area (Å²) < 4.78 is 4.65. The molecule has 218 valence electrons. The van der Waals surface area contributed by atoms with Crippen molar-refractivity contribution in [1.82, 2.24) is 14.5 Å². The topological polar surface area (TPSA) is 58.9 Å². The van der Waals surface area contributed by atoms with Gasteiger partial charge in [0.25, 0.3) is 0 Å². The Morgan fingerprint density at radius 3 is 1.68 bits per heavy atom. The highest BCUT2D eigenvalue weighted by molar-refractivity contribution is 7.22. The minimum Gasteiger partial charge on any atom is -0.309 e. The maximum atomic E-state index is 9.49. The smallest absolute Gasteiger partial charge is 0.189 e. The molecular weight excluding hydrogens is 615 g/mol. The van der Waals surface area contributed by atoms with E-state index in [4.69, 9.17) is 16.5 Å². The summed E-state index contributed by atoms with van der Waals surface area (Å²) >= 11 is 3.42. The Labute approximate surface area is 277 Å². The van der Waals surface area contributed by atoms with E-state index in [-0.39, 0.29) is 0 Å². The number of fused-ring (bicyclic) bond motifs is 5. The van der Waals surface area contributed by atoms with E-state index in [1.165, 1.54) is 9.40 Å². The number of para-hydroxylation sites is 2. The van der Waals surface area contributed by atoms with Gasteiger partial charge in [0.2, 0.25) is 0 Å². The molecule has 6 aromatic carbocycles. The van der Waals surface area contributed by atoms with E-state index in [2.05, 4.69) is 113 Å². The molecule has 0 N–H and O–H groups in total.